The van der Waals surface area contributed by atoms with E-state index in [0.29, 0.717) is 6.07 Å². The number of non-ortho nitro benzene ring substituents is 1. The van der Waals surface area contributed by atoms with Gasteiger partial charge in [0.25, 0.3) is 5.69 Å². The van der Waals surface area contributed by atoms with Crippen molar-refractivity contribution >= 4 is 51.9 Å². The second kappa shape index (κ2) is 6.90. The molecule has 0 amide bonds. The Labute approximate surface area is 149 Å². The minimum absolute atomic E-state index is 0.0911. The molecule has 0 spiro atoms. The van der Waals surface area contributed by atoms with Crippen LogP contribution in [0.15, 0.2) is 18.2 Å². The number of rotatable bonds is 3. The fraction of sp³-hybridized carbons (Fsp3) is 0. The zero-order chi connectivity index (χ0) is 18.0. The van der Waals surface area contributed by atoms with Gasteiger partial charge in [-0.25, -0.2) is 4.39 Å². The zero-order valence-electron chi connectivity index (χ0n) is 11.4. The summed E-state index contributed by atoms with van der Waals surface area (Å²) >= 11 is 18.0. The summed E-state index contributed by atoms with van der Waals surface area (Å²) in [4.78, 5) is 9.87. The second-order valence-electron chi connectivity index (χ2n) is 4.34. The Hall–Kier alpha value is -2.58. The van der Waals surface area contributed by atoms with Gasteiger partial charge in [0.05, 0.1) is 48.6 Å². The Kier molecular flexibility index (Phi) is 5.10. The van der Waals surface area contributed by atoms with E-state index in [0.717, 1.165) is 12.1 Å². The Morgan fingerprint density at radius 2 is 1.67 bits per heavy atom. The quantitative estimate of drug-likeness (QED) is 0.445. The van der Waals surface area contributed by atoms with E-state index < -0.39 is 16.4 Å². The first kappa shape index (κ1) is 17.8. The number of halogens is 4. The first-order chi connectivity index (χ1) is 11.3. The van der Waals surface area contributed by atoms with Gasteiger partial charge in [0.2, 0.25) is 0 Å². The van der Waals surface area contributed by atoms with Gasteiger partial charge in [0, 0.05) is 6.07 Å². The predicted octanol–water partition coefficient (Wildman–Crippen LogP) is 5.18. The number of hydrogen-bond donors (Lipinski definition) is 1. The van der Waals surface area contributed by atoms with Gasteiger partial charge in [-0.05, 0) is 6.07 Å². The van der Waals surface area contributed by atoms with Crippen LogP contribution in [0.1, 0.15) is 11.1 Å². The van der Waals surface area contributed by atoms with Gasteiger partial charge in [-0.15, -0.1) is 0 Å². The van der Waals surface area contributed by atoms with E-state index in [1.165, 1.54) is 0 Å². The summed E-state index contributed by atoms with van der Waals surface area (Å²) in [5.41, 5.74) is -1.13. The second-order valence-corrected chi connectivity index (χ2v) is 5.47. The fourth-order valence-electron chi connectivity index (χ4n) is 1.83. The molecule has 1 N–H and O–H groups in total. The Morgan fingerprint density at radius 1 is 1.08 bits per heavy atom. The maximum absolute atomic E-state index is 14.0. The summed E-state index contributed by atoms with van der Waals surface area (Å²) in [6.07, 6.45) is 0. The molecule has 0 aliphatic rings. The molecule has 0 radical (unpaired) electrons. The fourth-order valence-corrected chi connectivity index (χ4v) is 2.63. The van der Waals surface area contributed by atoms with Gasteiger partial charge in [-0.2, -0.15) is 10.5 Å². The molecule has 0 aliphatic heterocycles. The molecule has 0 heterocycles. The topological polar surface area (TPSA) is 103 Å². The average molecular weight is 386 g/mol. The van der Waals surface area contributed by atoms with Crippen LogP contribution in [-0.4, -0.2) is 4.92 Å². The molecule has 0 aromatic heterocycles. The van der Waals surface area contributed by atoms with E-state index in [2.05, 4.69) is 5.32 Å². The van der Waals surface area contributed by atoms with Gasteiger partial charge in [0.1, 0.15) is 12.1 Å². The number of nitrogens with one attached hydrogen (secondary N) is 1. The Morgan fingerprint density at radius 3 is 2.17 bits per heavy atom. The largest absolute Gasteiger partial charge is 0.351 e. The summed E-state index contributed by atoms with van der Waals surface area (Å²) < 4.78 is 14.0. The molecule has 0 aliphatic carbocycles. The first-order valence-corrected chi connectivity index (χ1v) is 7.16. The molecule has 0 unspecified atom stereocenters. The van der Waals surface area contributed by atoms with E-state index in [1.807, 2.05) is 0 Å². The highest BCUT2D eigenvalue weighted by atomic mass is 35.5. The highest BCUT2D eigenvalue weighted by Gasteiger charge is 2.22. The third-order valence-electron chi connectivity index (χ3n) is 2.97. The van der Waals surface area contributed by atoms with Crippen LogP contribution in [-0.2, 0) is 0 Å². The maximum atomic E-state index is 14.0. The van der Waals surface area contributed by atoms with Crippen molar-refractivity contribution in [3.8, 4) is 12.1 Å². The van der Waals surface area contributed by atoms with Gasteiger partial charge in [-0.1, -0.05) is 34.8 Å². The van der Waals surface area contributed by atoms with Crippen LogP contribution in [0.5, 0.6) is 0 Å². The lowest BCUT2D eigenvalue weighted by molar-refractivity contribution is -0.385. The van der Waals surface area contributed by atoms with Crippen molar-refractivity contribution in [1.29, 1.82) is 10.5 Å². The molecular weight excluding hydrogens is 382 g/mol. The molecule has 0 saturated carbocycles. The maximum Gasteiger partial charge on any atom is 0.272 e. The Bertz CT molecular complexity index is 951. The van der Waals surface area contributed by atoms with Crippen LogP contribution in [0.25, 0.3) is 0 Å². The molecule has 24 heavy (non-hydrogen) atoms. The molecule has 2 rings (SSSR count). The van der Waals surface area contributed by atoms with Crippen LogP contribution in [0.3, 0.4) is 0 Å². The van der Waals surface area contributed by atoms with Crippen molar-refractivity contribution in [1.82, 2.24) is 0 Å². The number of anilines is 2. The van der Waals surface area contributed by atoms with Crippen molar-refractivity contribution in [3.63, 3.8) is 0 Å². The molecule has 6 nitrogen and oxygen atoms in total. The molecule has 2 aromatic rings. The van der Waals surface area contributed by atoms with Crippen LogP contribution in [0.2, 0.25) is 15.1 Å². The molecular formula is C14H4Cl3FN4O2. The van der Waals surface area contributed by atoms with Crippen molar-refractivity contribution in [3.05, 3.63) is 60.3 Å². The van der Waals surface area contributed by atoms with Crippen LogP contribution in [0, 0.1) is 38.6 Å². The van der Waals surface area contributed by atoms with Crippen LogP contribution < -0.4 is 5.32 Å². The predicted molar refractivity (Wildman–Crippen MR) is 87.2 cm³/mol. The van der Waals surface area contributed by atoms with Crippen LogP contribution >= 0.6 is 34.8 Å². The third kappa shape index (κ3) is 3.06. The van der Waals surface area contributed by atoms with E-state index >= 15 is 0 Å². The normalized spacial score (nSPS) is 9.92. The SMILES string of the molecule is N#Cc1c(Cl)c(Cl)c(Nc2ccc([N+](=O)[O-])cc2F)c(Cl)c1C#N. The number of nitro groups is 1. The molecule has 120 valence electrons. The summed E-state index contributed by atoms with van der Waals surface area (Å²) in [6, 6.07) is 6.34. The van der Waals surface area contributed by atoms with Crippen molar-refractivity contribution in [2.45, 2.75) is 0 Å². The average Bonchev–Trinajstić information content (AvgIpc) is 2.55. The molecule has 2 aromatic carbocycles. The number of nitro benzene ring substituents is 1. The Balaban J connectivity index is 2.60. The lowest BCUT2D eigenvalue weighted by atomic mass is 10.1. The first-order valence-electron chi connectivity index (χ1n) is 6.03. The van der Waals surface area contributed by atoms with E-state index in [4.69, 9.17) is 45.3 Å². The van der Waals surface area contributed by atoms with E-state index in [9.17, 15) is 14.5 Å². The highest BCUT2D eigenvalue weighted by molar-refractivity contribution is 6.47. The minimum atomic E-state index is -0.935. The van der Waals surface area contributed by atoms with Gasteiger partial charge < -0.3 is 5.32 Å². The molecule has 0 saturated heterocycles. The summed E-state index contributed by atoms with van der Waals surface area (Å²) in [7, 11) is 0. The van der Waals surface area contributed by atoms with Crippen molar-refractivity contribution in [2.24, 2.45) is 0 Å². The number of nitriles is 2. The molecule has 10 heteroatoms. The van der Waals surface area contributed by atoms with Gasteiger partial charge in [-0.3, -0.25) is 10.1 Å². The standard InChI is InChI=1S/C14H4Cl3FN4O2/c15-11-7(4-19)8(5-20)12(16)14(13(11)17)21-10-2-1-6(22(23)24)3-9(10)18/h1-3,21H. The lowest BCUT2D eigenvalue weighted by Crippen LogP contribution is -2.00. The summed E-state index contributed by atoms with van der Waals surface area (Å²) in [5, 5.41) is 30.7. The minimum Gasteiger partial charge on any atom is -0.351 e. The number of nitrogens with zero attached hydrogens (tertiary/aromatic N) is 3. The summed E-state index contributed by atoms with van der Waals surface area (Å²) in [5.74, 6) is -0.935. The van der Waals surface area contributed by atoms with Crippen LogP contribution in [0.4, 0.5) is 21.5 Å². The lowest BCUT2D eigenvalue weighted by Gasteiger charge is -2.14. The summed E-state index contributed by atoms with van der Waals surface area (Å²) in [6.45, 7) is 0. The van der Waals surface area contributed by atoms with E-state index in [-0.39, 0.29) is 37.6 Å². The molecule has 0 bridgehead atoms. The van der Waals surface area contributed by atoms with E-state index in [1.54, 1.807) is 12.1 Å². The van der Waals surface area contributed by atoms with Gasteiger partial charge >= 0.3 is 0 Å². The molecule has 0 fully saturated rings. The van der Waals surface area contributed by atoms with Crippen molar-refractivity contribution in [2.75, 3.05) is 5.32 Å². The highest BCUT2D eigenvalue weighted by Crippen LogP contribution is 2.43. The number of hydrogen-bond acceptors (Lipinski definition) is 5. The zero-order valence-corrected chi connectivity index (χ0v) is 13.7. The van der Waals surface area contributed by atoms with Gasteiger partial charge in [0.15, 0.2) is 5.82 Å². The molecule has 0 atom stereocenters. The third-order valence-corrected chi connectivity index (χ3v) is 4.20. The number of benzene rings is 2. The van der Waals surface area contributed by atoms with Crippen molar-refractivity contribution < 1.29 is 9.31 Å². The smallest absolute Gasteiger partial charge is 0.272 e. The monoisotopic (exact) mass is 384 g/mol.